The van der Waals surface area contributed by atoms with Gasteiger partial charge in [0.05, 0.1) is 10.6 Å². The van der Waals surface area contributed by atoms with Gasteiger partial charge in [-0.05, 0) is 61.4 Å². The van der Waals surface area contributed by atoms with Gasteiger partial charge in [0, 0.05) is 19.5 Å². The van der Waals surface area contributed by atoms with Crippen molar-refractivity contribution in [3.05, 3.63) is 132 Å². The van der Waals surface area contributed by atoms with Crippen LogP contribution in [0.3, 0.4) is 0 Å². The van der Waals surface area contributed by atoms with Crippen molar-refractivity contribution < 1.29 is 22.4 Å². The number of halogens is 1. The molecule has 0 aromatic heterocycles. The second kappa shape index (κ2) is 13.9. The van der Waals surface area contributed by atoms with Gasteiger partial charge in [0.2, 0.25) is 11.8 Å². The van der Waals surface area contributed by atoms with Crippen LogP contribution in [-0.2, 0) is 32.6 Å². The molecule has 0 aliphatic heterocycles. The van der Waals surface area contributed by atoms with Crippen LogP contribution in [0.2, 0.25) is 0 Å². The van der Waals surface area contributed by atoms with E-state index < -0.39 is 34.3 Å². The van der Waals surface area contributed by atoms with Crippen molar-refractivity contribution in [1.29, 1.82) is 0 Å². The lowest BCUT2D eigenvalue weighted by atomic mass is 10.0. The monoisotopic (exact) mass is 587 g/mol. The summed E-state index contributed by atoms with van der Waals surface area (Å²) in [5.41, 5.74) is 2.63. The number of benzene rings is 4. The third-order valence-electron chi connectivity index (χ3n) is 6.82. The van der Waals surface area contributed by atoms with Gasteiger partial charge in [-0.1, -0.05) is 78.4 Å². The van der Waals surface area contributed by atoms with Crippen LogP contribution < -0.4 is 9.62 Å². The minimum atomic E-state index is -4.24. The topological polar surface area (TPSA) is 86.8 Å². The van der Waals surface area contributed by atoms with E-state index in [0.717, 1.165) is 33.1 Å². The SMILES string of the molecule is CCNC(=O)[C@@H](Cc1ccccc1)N(Cc1ccccc1)C(=O)CN(c1ccc(F)cc1)S(=O)(=O)c1ccc(C)cc1. The Labute approximate surface area is 246 Å². The van der Waals surface area contributed by atoms with E-state index >= 15 is 0 Å². The number of amides is 2. The number of sulfonamides is 1. The first-order chi connectivity index (χ1) is 20.2. The van der Waals surface area contributed by atoms with Crippen molar-refractivity contribution in [3.8, 4) is 0 Å². The van der Waals surface area contributed by atoms with Crippen LogP contribution in [0.15, 0.2) is 114 Å². The van der Waals surface area contributed by atoms with E-state index in [2.05, 4.69) is 5.32 Å². The van der Waals surface area contributed by atoms with Crippen LogP contribution in [0.5, 0.6) is 0 Å². The number of nitrogens with one attached hydrogen (secondary N) is 1. The highest BCUT2D eigenvalue weighted by Gasteiger charge is 2.34. The molecule has 42 heavy (non-hydrogen) atoms. The Bertz CT molecular complexity index is 1580. The fourth-order valence-corrected chi connectivity index (χ4v) is 6.01. The molecule has 9 heteroatoms. The predicted octanol–water partition coefficient (Wildman–Crippen LogP) is 5.11. The summed E-state index contributed by atoms with van der Waals surface area (Å²) in [6.07, 6.45) is 0.229. The van der Waals surface area contributed by atoms with Gasteiger partial charge in [-0.25, -0.2) is 12.8 Å². The Morgan fingerprint density at radius 1 is 0.810 bits per heavy atom. The summed E-state index contributed by atoms with van der Waals surface area (Å²) in [4.78, 5) is 29.1. The molecule has 0 heterocycles. The quantitative estimate of drug-likeness (QED) is 0.250. The van der Waals surface area contributed by atoms with E-state index in [0.29, 0.717) is 6.54 Å². The van der Waals surface area contributed by atoms with Crippen molar-refractivity contribution in [2.45, 2.75) is 37.8 Å². The van der Waals surface area contributed by atoms with Gasteiger partial charge in [-0.15, -0.1) is 0 Å². The van der Waals surface area contributed by atoms with Crippen LogP contribution >= 0.6 is 0 Å². The van der Waals surface area contributed by atoms with Crippen molar-refractivity contribution in [2.75, 3.05) is 17.4 Å². The van der Waals surface area contributed by atoms with Gasteiger partial charge in [-0.3, -0.25) is 13.9 Å². The Kier molecular flexibility index (Phi) is 10.1. The Morgan fingerprint density at radius 2 is 1.38 bits per heavy atom. The molecule has 0 saturated heterocycles. The molecule has 218 valence electrons. The standard InChI is InChI=1S/C33H34FN3O4S/c1-3-35-33(39)31(22-26-10-6-4-7-11-26)36(23-27-12-8-5-9-13-27)32(38)24-37(29-18-16-28(34)17-19-29)42(40,41)30-20-14-25(2)15-21-30/h4-21,31H,3,22-24H2,1-2H3,(H,35,39)/t31-/m1/s1. The molecule has 4 aromatic carbocycles. The number of hydrogen-bond donors (Lipinski definition) is 1. The highest BCUT2D eigenvalue weighted by Crippen LogP contribution is 2.25. The average molecular weight is 588 g/mol. The first-order valence-electron chi connectivity index (χ1n) is 13.7. The number of carbonyl (C=O) groups excluding carboxylic acids is 2. The van der Waals surface area contributed by atoms with Crippen LogP contribution in [-0.4, -0.2) is 44.3 Å². The van der Waals surface area contributed by atoms with Gasteiger partial charge in [0.25, 0.3) is 10.0 Å². The Morgan fingerprint density at radius 3 is 1.95 bits per heavy atom. The predicted molar refractivity (Wildman–Crippen MR) is 162 cm³/mol. The maximum absolute atomic E-state index is 14.2. The molecule has 0 saturated carbocycles. The van der Waals surface area contributed by atoms with Gasteiger partial charge >= 0.3 is 0 Å². The van der Waals surface area contributed by atoms with Crippen LogP contribution in [0.25, 0.3) is 0 Å². The zero-order valence-electron chi connectivity index (χ0n) is 23.6. The normalized spacial score (nSPS) is 11.9. The second-order valence-electron chi connectivity index (χ2n) is 9.91. The van der Waals surface area contributed by atoms with Gasteiger partial charge in [0.15, 0.2) is 0 Å². The molecule has 4 aromatic rings. The van der Waals surface area contributed by atoms with Crippen molar-refractivity contribution in [3.63, 3.8) is 0 Å². The fraction of sp³-hybridized carbons (Fsp3) is 0.212. The van der Waals surface area contributed by atoms with E-state index in [1.54, 1.807) is 19.1 Å². The van der Waals surface area contributed by atoms with Gasteiger partial charge in [0.1, 0.15) is 18.4 Å². The maximum atomic E-state index is 14.2. The summed E-state index contributed by atoms with van der Waals surface area (Å²) < 4.78 is 42.7. The maximum Gasteiger partial charge on any atom is 0.264 e. The van der Waals surface area contributed by atoms with Gasteiger partial charge in [-0.2, -0.15) is 0 Å². The molecule has 0 bridgehead atoms. The van der Waals surface area contributed by atoms with Crippen LogP contribution in [0, 0.1) is 12.7 Å². The lowest BCUT2D eigenvalue weighted by Gasteiger charge is -2.33. The third-order valence-corrected chi connectivity index (χ3v) is 8.61. The molecule has 0 aliphatic rings. The first kappa shape index (κ1) is 30.5. The summed E-state index contributed by atoms with van der Waals surface area (Å²) in [7, 11) is -4.24. The fourth-order valence-electron chi connectivity index (χ4n) is 4.60. The number of hydrogen-bond acceptors (Lipinski definition) is 4. The number of nitrogens with zero attached hydrogens (tertiary/aromatic N) is 2. The number of rotatable bonds is 12. The van der Waals surface area contributed by atoms with E-state index in [1.165, 1.54) is 29.2 Å². The highest BCUT2D eigenvalue weighted by atomic mass is 32.2. The van der Waals surface area contributed by atoms with Crippen molar-refractivity contribution in [2.24, 2.45) is 0 Å². The average Bonchev–Trinajstić information content (AvgIpc) is 2.99. The molecule has 0 unspecified atom stereocenters. The van der Waals surface area contributed by atoms with Crippen LogP contribution in [0.4, 0.5) is 10.1 Å². The molecule has 7 nitrogen and oxygen atoms in total. The number of carbonyl (C=O) groups is 2. The van der Waals surface area contributed by atoms with E-state index in [4.69, 9.17) is 0 Å². The molecule has 2 amide bonds. The molecule has 0 radical (unpaired) electrons. The smallest absolute Gasteiger partial charge is 0.264 e. The summed E-state index contributed by atoms with van der Waals surface area (Å²) in [5, 5.41) is 2.83. The lowest BCUT2D eigenvalue weighted by molar-refractivity contribution is -0.140. The van der Waals surface area contributed by atoms with Crippen molar-refractivity contribution in [1.82, 2.24) is 10.2 Å². The molecule has 1 N–H and O–H groups in total. The highest BCUT2D eigenvalue weighted by molar-refractivity contribution is 7.92. The minimum Gasteiger partial charge on any atom is -0.355 e. The number of anilines is 1. The largest absolute Gasteiger partial charge is 0.355 e. The third kappa shape index (κ3) is 7.61. The molecule has 1 atom stereocenters. The molecule has 0 spiro atoms. The summed E-state index contributed by atoms with van der Waals surface area (Å²) in [6, 6.07) is 28.9. The molecule has 0 fully saturated rings. The van der Waals surface area contributed by atoms with Crippen molar-refractivity contribution >= 4 is 27.5 Å². The summed E-state index contributed by atoms with van der Waals surface area (Å²) in [5.74, 6) is -1.46. The first-order valence-corrected chi connectivity index (χ1v) is 15.1. The Balaban J connectivity index is 1.77. The van der Waals surface area contributed by atoms with Gasteiger partial charge < -0.3 is 10.2 Å². The molecule has 4 rings (SSSR count). The van der Waals surface area contributed by atoms with E-state index in [-0.39, 0.29) is 29.5 Å². The molecule has 0 aliphatic carbocycles. The summed E-state index contributed by atoms with van der Waals surface area (Å²) in [6.45, 7) is 3.48. The lowest BCUT2D eigenvalue weighted by Crippen LogP contribution is -2.53. The molecular formula is C33H34FN3O4S. The molecular weight excluding hydrogens is 553 g/mol. The number of aryl methyl sites for hydroxylation is 1. The van der Waals surface area contributed by atoms with Crippen LogP contribution in [0.1, 0.15) is 23.6 Å². The zero-order valence-corrected chi connectivity index (χ0v) is 24.4. The van der Waals surface area contributed by atoms with E-state index in [9.17, 15) is 22.4 Å². The minimum absolute atomic E-state index is 0.00982. The Hall–Kier alpha value is -4.50. The second-order valence-corrected chi connectivity index (χ2v) is 11.8. The van der Waals surface area contributed by atoms with E-state index in [1.807, 2.05) is 67.6 Å². The number of likely N-dealkylation sites (N-methyl/N-ethyl adjacent to an activating group) is 1. The zero-order chi connectivity index (χ0) is 30.1. The summed E-state index contributed by atoms with van der Waals surface area (Å²) >= 11 is 0.